The SMILES string of the molecule is CC(C)N1CCN(C(=O)c2ccc(-c3ccc4c(c3)OCO4)cc2)CC1. The molecule has 136 valence electrons. The summed E-state index contributed by atoms with van der Waals surface area (Å²) in [6.45, 7) is 8.15. The lowest BCUT2D eigenvalue weighted by Crippen LogP contribution is -2.50. The summed E-state index contributed by atoms with van der Waals surface area (Å²) in [7, 11) is 0. The van der Waals surface area contributed by atoms with Crippen LogP contribution in [0, 0.1) is 0 Å². The van der Waals surface area contributed by atoms with E-state index in [-0.39, 0.29) is 12.7 Å². The van der Waals surface area contributed by atoms with Crippen molar-refractivity contribution in [3.63, 3.8) is 0 Å². The first-order valence-electron chi connectivity index (χ1n) is 9.15. The van der Waals surface area contributed by atoms with Crippen LogP contribution >= 0.6 is 0 Å². The second-order valence-electron chi connectivity index (χ2n) is 7.07. The molecule has 1 saturated heterocycles. The van der Waals surface area contributed by atoms with Crippen LogP contribution < -0.4 is 9.47 Å². The fraction of sp³-hybridized carbons (Fsp3) is 0.381. The molecule has 0 aromatic heterocycles. The Hall–Kier alpha value is -2.53. The fourth-order valence-corrected chi connectivity index (χ4v) is 3.51. The van der Waals surface area contributed by atoms with E-state index in [0.717, 1.165) is 54.4 Å². The van der Waals surface area contributed by atoms with E-state index in [1.165, 1.54) is 0 Å². The number of amides is 1. The summed E-state index contributed by atoms with van der Waals surface area (Å²) < 4.78 is 10.8. The molecule has 4 rings (SSSR count). The summed E-state index contributed by atoms with van der Waals surface area (Å²) in [6.07, 6.45) is 0. The summed E-state index contributed by atoms with van der Waals surface area (Å²) in [4.78, 5) is 17.1. The Bertz CT molecular complexity index is 793. The minimum absolute atomic E-state index is 0.116. The Morgan fingerprint density at radius 2 is 1.54 bits per heavy atom. The normalized spacial score (nSPS) is 17.0. The van der Waals surface area contributed by atoms with Crippen molar-refractivity contribution < 1.29 is 14.3 Å². The number of hydrogen-bond acceptors (Lipinski definition) is 4. The molecule has 0 atom stereocenters. The standard InChI is InChI=1S/C21H24N2O3/c1-15(2)22-9-11-23(12-10-22)21(24)17-5-3-16(4-6-17)18-7-8-19-20(13-18)26-14-25-19/h3-8,13,15H,9-12,14H2,1-2H3. The maximum absolute atomic E-state index is 12.7. The van der Waals surface area contributed by atoms with Gasteiger partial charge in [0.25, 0.3) is 5.91 Å². The van der Waals surface area contributed by atoms with Gasteiger partial charge in [-0.15, -0.1) is 0 Å². The first-order valence-corrected chi connectivity index (χ1v) is 9.15. The molecule has 0 spiro atoms. The Morgan fingerprint density at radius 1 is 0.885 bits per heavy atom. The number of nitrogens with zero attached hydrogens (tertiary/aromatic N) is 2. The predicted octanol–water partition coefficient (Wildman–Crippen LogP) is 3.25. The average Bonchev–Trinajstić information content (AvgIpc) is 3.15. The Kier molecular flexibility index (Phi) is 4.55. The van der Waals surface area contributed by atoms with Crippen molar-refractivity contribution in [3.8, 4) is 22.6 Å². The molecule has 1 amide bonds. The van der Waals surface area contributed by atoms with Crippen molar-refractivity contribution >= 4 is 5.91 Å². The van der Waals surface area contributed by atoms with Crippen LogP contribution in [0.25, 0.3) is 11.1 Å². The first kappa shape index (κ1) is 16.9. The van der Waals surface area contributed by atoms with Gasteiger partial charge in [-0.25, -0.2) is 0 Å². The molecule has 0 bridgehead atoms. The Balaban J connectivity index is 1.45. The molecule has 26 heavy (non-hydrogen) atoms. The van der Waals surface area contributed by atoms with Crippen molar-refractivity contribution in [1.82, 2.24) is 9.80 Å². The van der Waals surface area contributed by atoms with E-state index in [4.69, 9.17) is 9.47 Å². The second-order valence-corrected chi connectivity index (χ2v) is 7.07. The molecule has 2 aromatic carbocycles. The lowest BCUT2D eigenvalue weighted by atomic mass is 10.0. The number of rotatable bonds is 3. The zero-order valence-corrected chi connectivity index (χ0v) is 15.3. The number of piperazine rings is 1. The van der Waals surface area contributed by atoms with Gasteiger partial charge in [0.1, 0.15) is 0 Å². The summed E-state index contributed by atoms with van der Waals surface area (Å²) >= 11 is 0. The van der Waals surface area contributed by atoms with Gasteiger partial charge in [-0.2, -0.15) is 0 Å². The zero-order chi connectivity index (χ0) is 18.1. The minimum Gasteiger partial charge on any atom is -0.454 e. The van der Waals surface area contributed by atoms with Gasteiger partial charge in [-0.3, -0.25) is 9.69 Å². The van der Waals surface area contributed by atoms with Gasteiger partial charge in [0, 0.05) is 37.8 Å². The van der Waals surface area contributed by atoms with Crippen molar-refractivity contribution in [2.75, 3.05) is 33.0 Å². The highest BCUT2D eigenvalue weighted by Crippen LogP contribution is 2.35. The number of hydrogen-bond donors (Lipinski definition) is 0. The zero-order valence-electron chi connectivity index (χ0n) is 15.3. The van der Waals surface area contributed by atoms with E-state index in [2.05, 4.69) is 18.7 Å². The van der Waals surface area contributed by atoms with E-state index in [1.54, 1.807) is 0 Å². The van der Waals surface area contributed by atoms with E-state index < -0.39 is 0 Å². The summed E-state index contributed by atoms with van der Waals surface area (Å²) in [5.41, 5.74) is 2.86. The van der Waals surface area contributed by atoms with Gasteiger partial charge in [-0.1, -0.05) is 18.2 Å². The van der Waals surface area contributed by atoms with Crippen molar-refractivity contribution in [2.24, 2.45) is 0 Å². The van der Waals surface area contributed by atoms with Gasteiger partial charge in [0.05, 0.1) is 0 Å². The largest absolute Gasteiger partial charge is 0.454 e. The minimum atomic E-state index is 0.116. The third-order valence-electron chi connectivity index (χ3n) is 5.17. The van der Waals surface area contributed by atoms with Gasteiger partial charge in [0.2, 0.25) is 6.79 Å². The van der Waals surface area contributed by atoms with Gasteiger partial charge < -0.3 is 14.4 Å². The topological polar surface area (TPSA) is 42.0 Å². The summed E-state index contributed by atoms with van der Waals surface area (Å²) in [5.74, 6) is 1.66. The monoisotopic (exact) mass is 352 g/mol. The highest BCUT2D eigenvalue weighted by atomic mass is 16.7. The van der Waals surface area contributed by atoms with Crippen molar-refractivity contribution in [3.05, 3.63) is 48.0 Å². The molecule has 0 aliphatic carbocycles. The Morgan fingerprint density at radius 3 is 2.23 bits per heavy atom. The summed E-state index contributed by atoms with van der Waals surface area (Å²) in [5, 5.41) is 0. The average molecular weight is 352 g/mol. The highest BCUT2D eigenvalue weighted by molar-refractivity contribution is 5.94. The first-order chi connectivity index (χ1) is 12.6. The third kappa shape index (κ3) is 3.27. The van der Waals surface area contributed by atoms with Crippen LogP contribution in [0.2, 0.25) is 0 Å². The predicted molar refractivity (Wildman–Crippen MR) is 101 cm³/mol. The van der Waals surface area contributed by atoms with Crippen molar-refractivity contribution in [2.45, 2.75) is 19.9 Å². The molecule has 5 heteroatoms. The molecule has 0 unspecified atom stereocenters. The quantitative estimate of drug-likeness (QED) is 0.850. The van der Waals surface area contributed by atoms with Crippen LogP contribution in [-0.2, 0) is 0 Å². The molecule has 5 nitrogen and oxygen atoms in total. The smallest absolute Gasteiger partial charge is 0.253 e. The van der Waals surface area contributed by atoms with Crippen LogP contribution in [0.1, 0.15) is 24.2 Å². The van der Waals surface area contributed by atoms with E-state index >= 15 is 0 Å². The van der Waals surface area contributed by atoms with Crippen LogP contribution in [0.15, 0.2) is 42.5 Å². The summed E-state index contributed by atoms with van der Waals surface area (Å²) in [6, 6.07) is 14.3. The van der Waals surface area contributed by atoms with Gasteiger partial charge >= 0.3 is 0 Å². The maximum Gasteiger partial charge on any atom is 0.253 e. The fourth-order valence-electron chi connectivity index (χ4n) is 3.51. The molecular formula is C21H24N2O3. The molecule has 0 radical (unpaired) electrons. The third-order valence-corrected chi connectivity index (χ3v) is 5.17. The lowest BCUT2D eigenvalue weighted by molar-refractivity contribution is 0.0595. The number of benzene rings is 2. The van der Waals surface area contributed by atoms with E-state index in [0.29, 0.717) is 6.04 Å². The highest BCUT2D eigenvalue weighted by Gasteiger charge is 2.23. The van der Waals surface area contributed by atoms with E-state index in [9.17, 15) is 4.79 Å². The van der Waals surface area contributed by atoms with Gasteiger partial charge in [0.15, 0.2) is 11.5 Å². The molecule has 2 heterocycles. The lowest BCUT2D eigenvalue weighted by Gasteiger charge is -2.37. The van der Waals surface area contributed by atoms with E-state index in [1.807, 2.05) is 47.4 Å². The number of carbonyl (C=O) groups is 1. The molecular weight excluding hydrogens is 328 g/mol. The number of ether oxygens (including phenoxy) is 2. The van der Waals surface area contributed by atoms with Crippen LogP contribution in [0.5, 0.6) is 11.5 Å². The van der Waals surface area contributed by atoms with Crippen LogP contribution in [-0.4, -0.2) is 54.7 Å². The molecule has 2 aliphatic heterocycles. The second kappa shape index (κ2) is 7.00. The van der Waals surface area contributed by atoms with Crippen molar-refractivity contribution in [1.29, 1.82) is 0 Å². The maximum atomic E-state index is 12.7. The molecule has 1 fully saturated rings. The van der Waals surface area contributed by atoms with Crippen LogP contribution in [0.4, 0.5) is 0 Å². The van der Waals surface area contributed by atoms with Gasteiger partial charge in [-0.05, 0) is 49.2 Å². The number of carbonyl (C=O) groups excluding carboxylic acids is 1. The van der Waals surface area contributed by atoms with Crippen LogP contribution in [0.3, 0.4) is 0 Å². The molecule has 0 N–H and O–H groups in total. The molecule has 2 aromatic rings. The molecule has 2 aliphatic rings. The number of fused-ring (bicyclic) bond motifs is 1. The Labute approximate surface area is 154 Å². The molecule has 0 saturated carbocycles.